The van der Waals surface area contributed by atoms with Gasteiger partial charge in [0.1, 0.15) is 5.92 Å². The van der Waals surface area contributed by atoms with Gasteiger partial charge in [-0.1, -0.05) is 60.7 Å². The predicted octanol–water partition coefficient (Wildman–Crippen LogP) is 3.17. The van der Waals surface area contributed by atoms with Crippen LogP contribution in [-0.2, 0) is 0 Å². The summed E-state index contributed by atoms with van der Waals surface area (Å²) in [6.07, 6.45) is 0. The highest BCUT2D eigenvalue weighted by atomic mass is 16.1. The molecule has 0 bridgehead atoms. The maximum atomic E-state index is 12.5. The van der Waals surface area contributed by atoms with Gasteiger partial charge in [-0.25, -0.2) is 0 Å². The van der Waals surface area contributed by atoms with E-state index >= 15 is 0 Å². The molecule has 2 N–H and O–H groups in total. The molecule has 0 amide bonds. The maximum absolute atomic E-state index is 12.5. The molecule has 0 spiro atoms. The van der Waals surface area contributed by atoms with E-state index in [1.807, 2.05) is 72.8 Å². The van der Waals surface area contributed by atoms with Crippen LogP contribution in [0.5, 0.6) is 0 Å². The number of aromatic nitrogens is 2. The fourth-order valence-corrected chi connectivity index (χ4v) is 2.86. The number of nitriles is 2. The third kappa shape index (κ3) is 2.71. The lowest BCUT2D eigenvalue weighted by atomic mass is 9.81. The summed E-state index contributed by atoms with van der Waals surface area (Å²) >= 11 is 0. The number of hydrogen-bond acceptors (Lipinski definition) is 3. The van der Waals surface area contributed by atoms with Crippen molar-refractivity contribution in [3.8, 4) is 23.4 Å². The summed E-state index contributed by atoms with van der Waals surface area (Å²) < 4.78 is 0. The molecule has 116 valence electrons. The Hall–Kier alpha value is -3.57. The molecule has 2 aromatic carbocycles. The lowest BCUT2D eigenvalue weighted by molar-refractivity contribution is 0.706. The van der Waals surface area contributed by atoms with Gasteiger partial charge >= 0.3 is 0 Å². The molecule has 3 aromatic rings. The number of nitrogens with one attached hydrogen (secondary N) is 2. The lowest BCUT2D eigenvalue weighted by Gasteiger charge is -2.17. The fraction of sp³-hybridized carbons (Fsp3) is 0.105. The second-order valence-corrected chi connectivity index (χ2v) is 5.36. The Morgan fingerprint density at radius 3 is 2.00 bits per heavy atom. The van der Waals surface area contributed by atoms with Gasteiger partial charge in [0.25, 0.3) is 5.56 Å². The highest BCUT2D eigenvalue weighted by molar-refractivity contribution is 5.64. The van der Waals surface area contributed by atoms with Crippen molar-refractivity contribution in [1.29, 1.82) is 10.5 Å². The van der Waals surface area contributed by atoms with E-state index in [9.17, 15) is 15.3 Å². The zero-order valence-corrected chi connectivity index (χ0v) is 12.7. The van der Waals surface area contributed by atoms with E-state index in [0.29, 0.717) is 11.3 Å². The fourth-order valence-electron chi connectivity index (χ4n) is 2.86. The molecule has 0 aliphatic heterocycles. The molecule has 0 saturated carbocycles. The van der Waals surface area contributed by atoms with Gasteiger partial charge < -0.3 is 0 Å². The quantitative estimate of drug-likeness (QED) is 0.774. The monoisotopic (exact) mass is 314 g/mol. The van der Waals surface area contributed by atoms with Gasteiger partial charge in [-0.3, -0.25) is 15.0 Å². The Kier molecular flexibility index (Phi) is 4.27. The van der Waals surface area contributed by atoms with Crippen LogP contribution in [0, 0.1) is 28.6 Å². The zero-order chi connectivity index (χ0) is 16.9. The third-order valence-electron chi connectivity index (χ3n) is 3.96. The van der Waals surface area contributed by atoms with E-state index in [1.54, 1.807) is 0 Å². The van der Waals surface area contributed by atoms with Gasteiger partial charge in [-0.2, -0.15) is 10.5 Å². The first-order chi connectivity index (χ1) is 11.8. The van der Waals surface area contributed by atoms with E-state index < -0.39 is 11.8 Å². The third-order valence-corrected chi connectivity index (χ3v) is 3.96. The summed E-state index contributed by atoms with van der Waals surface area (Å²) in [4.78, 5) is 12.5. The van der Waals surface area contributed by atoms with E-state index in [-0.39, 0.29) is 5.56 Å². The largest absolute Gasteiger partial charge is 0.297 e. The number of H-pyrrole nitrogens is 2. The molecule has 0 aliphatic rings. The summed E-state index contributed by atoms with van der Waals surface area (Å²) in [5, 5.41) is 24.3. The number of aromatic amines is 2. The van der Waals surface area contributed by atoms with E-state index in [0.717, 1.165) is 11.1 Å². The minimum absolute atomic E-state index is 0.321. The summed E-state index contributed by atoms with van der Waals surface area (Å²) in [7, 11) is 0. The zero-order valence-electron chi connectivity index (χ0n) is 12.7. The van der Waals surface area contributed by atoms with Gasteiger partial charge in [0, 0.05) is 5.92 Å². The van der Waals surface area contributed by atoms with Crippen molar-refractivity contribution in [2.75, 3.05) is 0 Å². The Morgan fingerprint density at radius 1 is 0.833 bits per heavy atom. The summed E-state index contributed by atoms with van der Waals surface area (Å²) in [5.74, 6) is -1.60. The van der Waals surface area contributed by atoms with Crippen LogP contribution in [-0.4, -0.2) is 10.2 Å². The van der Waals surface area contributed by atoms with Gasteiger partial charge in [-0.05, 0) is 11.1 Å². The molecule has 1 unspecified atom stereocenters. The number of nitrogens with zero attached hydrogens (tertiary/aromatic N) is 2. The van der Waals surface area contributed by atoms with Crippen molar-refractivity contribution in [3.63, 3.8) is 0 Å². The van der Waals surface area contributed by atoms with Crippen LogP contribution in [0.25, 0.3) is 11.3 Å². The molecular weight excluding hydrogens is 300 g/mol. The van der Waals surface area contributed by atoms with Crippen molar-refractivity contribution in [3.05, 3.63) is 82.1 Å². The average molecular weight is 314 g/mol. The summed E-state index contributed by atoms with van der Waals surface area (Å²) in [6, 6.07) is 22.6. The van der Waals surface area contributed by atoms with Crippen LogP contribution in [0.4, 0.5) is 0 Å². The molecule has 0 radical (unpaired) electrons. The van der Waals surface area contributed by atoms with Crippen LogP contribution < -0.4 is 5.56 Å². The first-order valence-corrected chi connectivity index (χ1v) is 7.46. The van der Waals surface area contributed by atoms with Crippen LogP contribution in [0.3, 0.4) is 0 Å². The standard InChI is InChI=1S/C19H14N4O/c20-11-15(12-21)16(13-7-3-1-4-8-13)17-18(22-23-19(17)24)14-9-5-2-6-10-14/h1-10,15-16H,(H2,22,23,24). The van der Waals surface area contributed by atoms with Crippen molar-refractivity contribution >= 4 is 0 Å². The second-order valence-electron chi connectivity index (χ2n) is 5.36. The topological polar surface area (TPSA) is 96.2 Å². The van der Waals surface area contributed by atoms with Crippen molar-refractivity contribution in [1.82, 2.24) is 10.2 Å². The Labute approximate surface area is 138 Å². The molecule has 1 atom stereocenters. The molecule has 1 aromatic heterocycles. The highest BCUT2D eigenvalue weighted by Gasteiger charge is 2.31. The SMILES string of the molecule is N#CC(C#N)C(c1ccccc1)c1c(-c2ccccc2)[nH][nH]c1=O. The van der Waals surface area contributed by atoms with Crippen LogP contribution in [0.15, 0.2) is 65.5 Å². The molecular formula is C19H14N4O. The van der Waals surface area contributed by atoms with E-state index in [2.05, 4.69) is 10.2 Å². The Bertz CT molecular complexity index is 944. The first-order valence-electron chi connectivity index (χ1n) is 7.46. The molecule has 0 fully saturated rings. The van der Waals surface area contributed by atoms with Crippen molar-refractivity contribution in [2.24, 2.45) is 5.92 Å². The van der Waals surface area contributed by atoms with Crippen molar-refractivity contribution < 1.29 is 0 Å². The van der Waals surface area contributed by atoms with Crippen LogP contribution in [0.1, 0.15) is 17.0 Å². The number of rotatable bonds is 4. The minimum Gasteiger partial charge on any atom is -0.297 e. The van der Waals surface area contributed by atoms with Crippen LogP contribution in [0.2, 0.25) is 0 Å². The van der Waals surface area contributed by atoms with Gasteiger partial charge in [0.05, 0.1) is 23.4 Å². The summed E-state index contributed by atoms with van der Waals surface area (Å²) in [6.45, 7) is 0. The summed E-state index contributed by atoms with van der Waals surface area (Å²) in [5.41, 5.74) is 2.26. The smallest absolute Gasteiger partial charge is 0.268 e. The number of hydrogen-bond donors (Lipinski definition) is 2. The normalized spacial score (nSPS) is 11.6. The van der Waals surface area contributed by atoms with E-state index in [1.165, 1.54) is 0 Å². The van der Waals surface area contributed by atoms with E-state index in [4.69, 9.17) is 0 Å². The van der Waals surface area contributed by atoms with Gasteiger partial charge in [0.2, 0.25) is 0 Å². The second kappa shape index (κ2) is 6.68. The molecule has 5 nitrogen and oxygen atoms in total. The molecule has 24 heavy (non-hydrogen) atoms. The average Bonchev–Trinajstić information content (AvgIpc) is 3.02. The minimum atomic E-state index is -0.966. The molecule has 0 saturated heterocycles. The van der Waals surface area contributed by atoms with Crippen molar-refractivity contribution in [2.45, 2.75) is 5.92 Å². The maximum Gasteiger partial charge on any atom is 0.268 e. The van der Waals surface area contributed by atoms with Gasteiger partial charge in [-0.15, -0.1) is 0 Å². The Balaban J connectivity index is 2.24. The molecule has 1 heterocycles. The highest BCUT2D eigenvalue weighted by Crippen LogP contribution is 2.34. The molecule has 0 aliphatic carbocycles. The van der Waals surface area contributed by atoms with Crippen LogP contribution >= 0.6 is 0 Å². The number of benzene rings is 2. The van der Waals surface area contributed by atoms with Gasteiger partial charge in [0.15, 0.2) is 0 Å². The Morgan fingerprint density at radius 2 is 1.42 bits per heavy atom. The molecule has 3 rings (SSSR count). The lowest BCUT2D eigenvalue weighted by Crippen LogP contribution is -2.19. The predicted molar refractivity (Wildman–Crippen MR) is 89.9 cm³/mol. The molecule has 5 heteroatoms. The first kappa shape index (κ1) is 15.3.